The van der Waals surface area contributed by atoms with Crippen molar-refractivity contribution < 1.29 is 4.79 Å². The van der Waals surface area contributed by atoms with E-state index in [2.05, 4.69) is 17.4 Å². The summed E-state index contributed by atoms with van der Waals surface area (Å²) in [6, 6.07) is 8.62. The third kappa shape index (κ3) is 3.94. The molecule has 1 aromatic rings. The molecule has 0 radical (unpaired) electrons. The first-order valence-electron chi connectivity index (χ1n) is 7.58. The number of carbonyl (C=O) groups is 1. The van der Waals surface area contributed by atoms with Crippen molar-refractivity contribution in [2.75, 3.05) is 31.6 Å². The number of carbonyl (C=O) groups excluding carboxylic acids is 1. The number of hydrogen-bond donors (Lipinski definition) is 1. The van der Waals surface area contributed by atoms with Crippen molar-refractivity contribution in [1.82, 2.24) is 10.2 Å². The maximum Gasteiger partial charge on any atom is 0.254 e. The van der Waals surface area contributed by atoms with Crippen LogP contribution in [0.25, 0.3) is 0 Å². The van der Waals surface area contributed by atoms with Crippen molar-refractivity contribution in [2.45, 2.75) is 23.5 Å². The monoisotopic (exact) mass is 358 g/mol. The molecule has 122 valence electrons. The standard InChI is InChI=1S/C16H22N2OS2.ClH/c1-17-11-14-3-2-8-18(14)15(19)12-4-6-13(7-5-12)16-20-9-10-21-16;/h4-7,14,16-17H,2-3,8-11H2,1H3;1H. The van der Waals surface area contributed by atoms with E-state index in [0.717, 1.165) is 31.5 Å². The number of likely N-dealkylation sites (N-methyl/N-ethyl adjacent to an activating group) is 1. The van der Waals surface area contributed by atoms with Crippen LogP contribution in [-0.4, -0.2) is 48.5 Å². The lowest BCUT2D eigenvalue weighted by Gasteiger charge is -2.24. The summed E-state index contributed by atoms with van der Waals surface area (Å²) in [5, 5.41) is 3.19. The Kier molecular flexibility index (Phi) is 6.93. The van der Waals surface area contributed by atoms with Gasteiger partial charge in [0.1, 0.15) is 0 Å². The van der Waals surface area contributed by atoms with Gasteiger partial charge in [-0.1, -0.05) is 12.1 Å². The molecule has 0 aliphatic carbocycles. The van der Waals surface area contributed by atoms with Gasteiger partial charge in [0.15, 0.2) is 0 Å². The molecule has 0 saturated carbocycles. The van der Waals surface area contributed by atoms with E-state index in [1.165, 1.54) is 17.1 Å². The molecule has 2 saturated heterocycles. The van der Waals surface area contributed by atoms with E-state index in [0.29, 0.717) is 10.6 Å². The number of amides is 1. The molecule has 1 aromatic carbocycles. The van der Waals surface area contributed by atoms with Crippen molar-refractivity contribution in [3.63, 3.8) is 0 Å². The van der Waals surface area contributed by atoms with Crippen LogP contribution in [0.2, 0.25) is 0 Å². The summed E-state index contributed by atoms with van der Waals surface area (Å²) in [4.78, 5) is 14.7. The quantitative estimate of drug-likeness (QED) is 0.893. The highest BCUT2D eigenvalue weighted by Gasteiger charge is 2.29. The summed E-state index contributed by atoms with van der Waals surface area (Å²) in [6.45, 7) is 1.78. The molecule has 6 heteroatoms. The van der Waals surface area contributed by atoms with Gasteiger partial charge in [-0.15, -0.1) is 35.9 Å². The molecule has 3 rings (SSSR count). The van der Waals surface area contributed by atoms with Gasteiger partial charge in [0.05, 0.1) is 4.58 Å². The average molecular weight is 359 g/mol. The van der Waals surface area contributed by atoms with Gasteiger partial charge in [-0.3, -0.25) is 4.79 Å². The molecule has 1 N–H and O–H groups in total. The van der Waals surface area contributed by atoms with Gasteiger partial charge < -0.3 is 10.2 Å². The van der Waals surface area contributed by atoms with Crippen LogP contribution < -0.4 is 5.32 Å². The number of nitrogens with zero attached hydrogens (tertiary/aromatic N) is 1. The van der Waals surface area contributed by atoms with Crippen LogP contribution in [0, 0.1) is 0 Å². The zero-order chi connectivity index (χ0) is 14.7. The molecule has 2 aliphatic heterocycles. The number of benzene rings is 1. The Bertz CT molecular complexity index is 491. The van der Waals surface area contributed by atoms with E-state index in [1.54, 1.807) is 0 Å². The molecular weight excluding hydrogens is 336 g/mol. The van der Waals surface area contributed by atoms with Crippen LogP contribution >= 0.6 is 35.9 Å². The van der Waals surface area contributed by atoms with Crippen molar-refractivity contribution >= 4 is 41.8 Å². The Morgan fingerprint density at radius 2 is 1.95 bits per heavy atom. The second kappa shape index (κ2) is 8.48. The van der Waals surface area contributed by atoms with Crippen LogP contribution in [-0.2, 0) is 0 Å². The summed E-state index contributed by atoms with van der Waals surface area (Å²) >= 11 is 4.00. The second-order valence-corrected chi connectivity index (χ2v) is 8.27. The maximum absolute atomic E-state index is 12.7. The van der Waals surface area contributed by atoms with E-state index in [9.17, 15) is 4.79 Å². The Morgan fingerprint density at radius 1 is 1.27 bits per heavy atom. The van der Waals surface area contributed by atoms with Crippen LogP contribution in [0.15, 0.2) is 24.3 Å². The molecule has 2 aliphatic rings. The minimum atomic E-state index is 0. The molecule has 1 atom stereocenters. The van der Waals surface area contributed by atoms with Crippen LogP contribution in [0.1, 0.15) is 33.3 Å². The third-order valence-electron chi connectivity index (χ3n) is 4.13. The lowest BCUT2D eigenvalue weighted by atomic mass is 10.1. The zero-order valence-electron chi connectivity index (χ0n) is 12.8. The van der Waals surface area contributed by atoms with Crippen LogP contribution in [0.5, 0.6) is 0 Å². The Hall–Kier alpha value is -0.360. The number of likely N-dealkylation sites (tertiary alicyclic amines) is 1. The number of halogens is 1. The molecule has 0 bridgehead atoms. The van der Waals surface area contributed by atoms with Crippen LogP contribution in [0.4, 0.5) is 0 Å². The molecule has 1 amide bonds. The minimum absolute atomic E-state index is 0. The first-order valence-corrected chi connectivity index (χ1v) is 9.68. The minimum Gasteiger partial charge on any atom is -0.334 e. The van der Waals surface area contributed by atoms with Gasteiger partial charge in [-0.05, 0) is 37.6 Å². The van der Waals surface area contributed by atoms with Crippen molar-refractivity contribution in [3.8, 4) is 0 Å². The van der Waals surface area contributed by atoms with Crippen LogP contribution in [0.3, 0.4) is 0 Å². The molecule has 2 fully saturated rings. The maximum atomic E-state index is 12.7. The van der Waals surface area contributed by atoms with E-state index in [4.69, 9.17) is 0 Å². The van der Waals surface area contributed by atoms with Crippen molar-refractivity contribution in [3.05, 3.63) is 35.4 Å². The summed E-state index contributed by atoms with van der Waals surface area (Å²) < 4.78 is 0.554. The van der Waals surface area contributed by atoms with Gasteiger partial charge >= 0.3 is 0 Å². The second-order valence-electron chi connectivity index (χ2n) is 5.55. The summed E-state index contributed by atoms with van der Waals surface area (Å²) in [5.41, 5.74) is 2.17. The van der Waals surface area contributed by atoms with Gasteiger partial charge in [-0.25, -0.2) is 0 Å². The smallest absolute Gasteiger partial charge is 0.254 e. The number of rotatable bonds is 4. The molecule has 1 unspecified atom stereocenters. The molecule has 0 aromatic heterocycles. The molecular formula is C16H23ClN2OS2. The molecule has 22 heavy (non-hydrogen) atoms. The fourth-order valence-electron chi connectivity index (χ4n) is 3.05. The lowest BCUT2D eigenvalue weighted by molar-refractivity contribution is 0.0737. The fourth-order valence-corrected chi connectivity index (χ4v) is 5.91. The first-order chi connectivity index (χ1) is 10.3. The SMILES string of the molecule is CNCC1CCCN1C(=O)c1ccc(C2SCCS2)cc1.Cl. The largest absolute Gasteiger partial charge is 0.334 e. The normalized spacial score (nSPS) is 21.9. The van der Waals surface area contributed by atoms with Gasteiger partial charge in [0.25, 0.3) is 5.91 Å². The predicted molar refractivity (Wildman–Crippen MR) is 99.3 cm³/mol. The highest BCUT2D eigenvalue weighted by atomic mass is 35.5. The first kappa shape index (κ1) is 18.0. The van der Waals surface area contributed by atoms with E-state index in [-0.39, 0.29) is 18.3 Å². The third-order valence-corrected chi connectivity index (χ3v) is 7.23. The van der Waals surface area contributed by atoms with E-state index in [1.807, 2.05) is 47.6 Å². The van der Waals surface area contributed by atoms with Gasteiger partial charge in [0, 0.05) is 36.2 Å². The van der Waals surface area contributed by atoms with E-state index < -0.39 is 0 Å². The zero-order valence-corrected chi connectivity index (χ0v) is 15.2. The molecule has 0 spiro atoms. The topological polar surface area (TPSA) is 32.3 Å². The summed E-state index contributed by atoms with van der Waals surface area (Å²) in [5.74, 6) is 2.65. The predicted octanol–water partition coefficient (Wildman–Crippen LogP) is 3.41. The fraction of sp³-hybridized carbons (Fsp3) is 0.562. The lowest BCUT2D eigenvalue weighted by Crippen LogP contribution is -2.40. The number of nitrogens with one attached hydrogen (secondary N) is 1. The molecule has 3 nitrogen and oxygen atoms in total. The molecule has 2 heterocycles. The Balaban J connectivity index is 0.00000176. The van der Waals surface area contributed by atoms with Gasteiger partial charge in [0.2, 0.25) is 0 Å². The average Bonchev–Trinajstić information content (AvgIpc) is 3.19. The summed E-state index contributed by atoms with van der Waals surface area (Å²) in [7, 11) is 1.95. The highest BCUT2D eigenvalue weighted by Crippen LogP contribution is 2.45. The highest BCUT2D eigenvalue weighted by molar-refractivity contribution is 8.19. The Morgan fingerprint density at radius 3 is 2.59 bits per heavy atom. The van der Waals surface area contributed by atoms with Gasteiger partial charge in [-0.2, -0.15) is 0 Å². The van der Waals surface area contributed by atoms with Crippen molar-refractivity contribution in [1.29, 1.82) is 0 Å². The Labute approximate surface area is 147 Å². The van der Waals surface area contributed by atoms with E-state index >= 15 is 0 Å². The summed E-state index contributed by atoms with van der Waals surface area (Å²) in [6.07, 6.45) is 2.23. The van der Waals surface area contributed by atoms with Crippen molar-refractivity contribution in [2.24, 2.45) is 0 Å². The number of hydrogen-bond acceptors (Lipinski definition) is 4. The number of thioether (sulfide) groups is 2.